The van der Waals surface area contributed by atoms with Crippen LogP contribution in [0.3, 0.4) is 0 Å². The minimum absolute atomic E-state index is 0.718. The standard InChI is InChI=1S/C15H13N5S/c1-19-9-5-8-12(19)13-17-14-10-6-3-4-7-11(10)16-15(21-2)20(14)18-13/h3-9H,1-2H3. The van der Waals surface area contributed by atoms with Crippen molar-refractivity contribution in [1.82, 2.24) is 24.1 Å². The summed E-state index contributed by atoms with van der Waals surface area (Å²) in [5.41, 5.74) is 2.79. The van der Waals surface area contributed by atoms with Gasteiger partial charge < -0.3 is 4.57 Å². The third-order valence-electron chi connectivity index (χ3n) is 3.50. The van der Waals surface area contributed by atoms with E-state index in [1.807, 2.05) is 65.0 Å². The van der Waals surface area contributed by atoms with Crippen molar-refractivity contribution < 1.29 is 0 Å². The lowest BCUT2D eigenvalue weighted by Crippen LogP contribution is -1.97. The first kappa shape index (κ1) is 12.4. The van der Waals surface area contributed by atoms with Crippen LogP contribution in [0.1, 0.15) is 0 Å². The summed E-state index contributed by atoms with van der Waals surface area (Å²) >= 11 is 1.57. The Bertz CT molecular complexity index is 953. The van der Waals surface area contributed by atoms with Crippen LogP contribution in [0.15, 0.2) is 47.8 Å². The lowest BCUT2D eigenvalue weighted by molar-refractivity contribution is 0.808. The Labute approximate surface area is 125 Å². The molecule has 0 fully saturated rings. The van der Waals surface area contributed by atoms with E-state index in [9.17, 15) is 0 Å². The Balaban J connectivity index is 2.10. The van der Waals surface area contributed by atoms with Gasteiger partial charge in [0.1, 0.15) is 0 Å². The first-order valence-electron chi connectivity index (χ1n) is 6.59. The fourth-order valence-electron chi connectivity index (χ4n) is 2.46. The van der Waals surface area contributed by atoms with Gasteiger partial charge in [-0.15, -0.1) is 5.10 Å². The third-order valence-corrected chi connectivity index (χ3v) is 4.13. The fourth-order valence-corrected chi connectivity index (χ4v) is 2.95. The lowest BCUT2D eigenvalue weighted by Gasteiger charge is -2.02. The highest BCUT2D eigenvalue weighted by Gasteiger charge is 2.14. The molecule has 0 amide bonds. The molecule has 0 radical (unpaired) electrons. The number of hydrogen-bond donors (Lipinski definition) is 0. The summed E-state index contributed by atoms with van der Waals surface area (Å²) in [5.74, 6) is 0.718. The maximum absolute atomic E-state index is 4.73. The van der Waals surface area contributed by atoms with Crippen LogP contribution in [0.5, 0.6) is 0 Å². The van der Waals surface area contributed by atoms with Gasteiger partial charge in [-0.25, -0.2) is 9.97 Å². The predicted octanol–water partition coefficient (Wildman–Crippen LogP) is 3.00. The van der Waals surface area contributed by atoms with E-state index < -0.39 is 0 Å². The minimum atomic E-state index is 0.718. The molecule has 3 heterocycles. The molecule has 0 saturated heterocycles. The van der Waals surface area contributed by atoms with Crippen LogP contribution in [-0.4, -0.2) is 30.4 Å². The summed E-state index contributed by atoms with van der Waals surface area (Å²) in [6.45, 7) is 0. The number of fused-ring (bicyclic) bond motifs is 3. The van der Waals surface area contributed by atoms with Crippen molar-refractivity contribution in [3.63, 3.8) is 0 Å². The predicted molar refractivity (Wildman–Crippen MR) is 84.5 cm³/mol. The van der Waals surface area contributed by atoms with E-state index in [1.54, 1.807) is 11.8 Å². The van der Waals surface area contributed by atoms with E-state index in [4.69, 9.17) is 4.98 Å². The van der Waals surface area contributed by atoms with Crippen LogP contribution in [0.25, 0.3) is 28.1 Å². The number of benzene rings is 1. The van der Waals surface area contributed by atoms with Crippen LogP contribution in [0.2, 0.25) is 0 Å². The fraction of sp³-hybridized carbons (Fsp3) is 0.133. The summed E-state index contributed by atoms with van der Waals surface area (Å²) in [6, 6.07) is 12.0. The normalized spacial score (nSPS) is 11.5. The van der Waals surface area contributed by atoms with Crippen LogP contribution in [0, 0.1) is 0 Å². The first-order chi connectivity index (χ1) is 10.3. The second-order valence-electron chi connectivity index (χ2n) is 4.79. The molecule has 0 N–H and O–H groups in total. The van der Waals surface area contributed by atoms with Crippen LogP contribution >= 0.6 is 11.8 Å². The molecule has 0 aliphatic rings. The van der Waals surface area contributed by atoms with Gasteiger partial charge in [0.2, 0.25) is 0 Å². The Kier molecular flexibility index (Phi) is 2.71. The smallest absolute Gasteiger partial charge is 0.198 e. The van der Waals surface area contributed by atoms with Gasteiger partial charge in [-0.2, -0.15) is 4.52 Å². The highest BCUT2D eigenvalue weighted by molar-refractivity contribution is 7.98. The SMILES string of the molecule is CSc1nc2ccccc2c2nc(-c3cccn3C)nn12. The third kappa shape index (κ3) is 1.83. The molecule has 104 valence electrons. The number of aryl methyl sites for hydroxylation is 1. The number of aromatic nitrogens is 5. The van der Waals surface area contributed by atoms with Crippen LogP contribution < -0.4 is 0 Å². The summed E-state index contributed by atoms with van der Waals surface area (Å²) in [4.78, 5) is 9.39. The summed E-state index contributed by atoms with van der Waals surface area (Å²) in [7, 11) is 1.99. The second kappa shape index (κ2) is 4.60. The van der Waals surface area contributed by atoms with Gasteiger partial charge in [0.15, 0.2) is 16.6 Å². The maximum atomic E-state index is 4.73. The zero-order valence-corrected chi connectivity index (χ0v) is 12.5. The van der Waals surface area contributed by atoms with Crippen molar-refractivity contribution in [2.24, 2.45) is 7.05 Å². The molecular weight excluding hydrogens is 282 g/mol. The molecule has 21 heavy (non-hydrogen) atoms. The quantitative estimate of drug-likeness (QED) is 0.421. The molecule has 4 rings (SSSR count). The molecule has 6 heteroatoms. The van der Waals surface area contributed by atoms with Gasteiger partial charge in [-0.3, -0.25) is 0 Å². The van der Waals surface area contributed by atoms with Crippen molar-refractivity contribution in [1.29, 1.82) is 0 Å². The summed E-state index contributed by atoms with van der Waals surface area (Å²) < 4.78 is 3.85. The molecular formula is C15H13N5S. The molecule has 3 aromatic heterocycles. The molecule has 0 unspecified atom stereocenters. The van der Waals surface area contributed by atoms with Crippen molar-refractivity contribution in [3.8, 4) is 11.5 Å². The van der Waals surface area contributed by atoms with Crippen LogP contribution in [0.4, 0.5) is 0 Å². The lowest BCUT2D eigenvalue weighted by atomic mass is 10.2. The van der Waals surface area contributed by atoms with Crippen LogP contribution in [-0.2, 0) is 7.05 Å². The summed E-state index contributed by atoms with van der Waals surface area (Å²) in [6.07, 6.45) is 3.99. The number of thioether (sulfide) groups is 1. The minimum Gasteiger partial charge on any atom is -0.348 e. The monoisotopic (exact) mass is 295 g/mol. The molecule has 0 spiro atoms. The average Bonchev–Trinajstić information content (AvgIpc) is 3.12. The molecule has 0 aliphatic heterocycles. The Morgan fingerprint density at radius 1 is 1.05 bits per heavy atom. The van der Waals surface area contributed by atoms with Gasteiger partial charge in [0, 0.05) is 18.6 Å². The molecule has 4 aromatic rings. The Hall–Kier alpha value is -2.34. The molecule has 0 bridgehead atoms. The number of rotatable bonds is 2. The van der Waals surface area contributed by atoms with Gasteiger partial charge in [-0.1, -0.05) is 23.9 Å². The summed E-state index contributed by atoms with van der Waals surface area (Å²) in [5, 5.41) is 6.50. The van der Waals surface area contributed by atoms with E-state index in [2.05, 4.69) is 10.1 Å². The zero-order valence-electron chi connectivity index (χ0n) is 11.7. The Morgan fingerprint density at radius 2 is 1.90 bits per heavy atom. The van der Waals surface area contributed by atoms with Crippen molar-refractivity contribution in [2.45, 2.75) is 5.16 Å². The molecule has 0 aliphatic carbocycles. The highest BCUT2D eigenvalue weighted by Crippen LogP contribution is 2.25. The van der Waals surface area contributed by atoms with Gasteiger partial charge in [0.25, 0.3) is 0 Å². The maximum Gasteiger partial charge on any atom is 0.198 e. The zero-order chi connectivity index (χ0) is 14.4. The van der Waals surface area contributed by atoms with Gasteiger partial charge in [-0.05, 0) is 30.5 Å². The molecule has 5 nitrogen and oxygen atoms in total. The largest absolute Gasteiger partial charge is 0.348 e. The highest BCUT2D eigenvalue weighted by atomic mass is 32.2. The second-order valence-corrected chi connectivity index (χ2v) is 5.56. The van der Waals surface area contributed by atoms with E-state index in [1.165, 1.54) is 0 Å². The van der Waals surface area contributed by atoms with E-state index >= 15 is 0 Å². The van der Waals surface area contributed by atoms with Crippen molar-refractivity contribution >= 4 is 28.3 Å². The number of nitrogens with zero attached hydrogens (tertiary/aromatic N) is 5. The molecule has 0 atom stereocenters. The molecule has 1 aromatic carbocycles. The van der Waals surface area contributed by atoms with Crippen molar-refractivity contribution in [3.05, 3.63) is 42.6 Å². The van der Waals surface area contributed by atoms with Crippen molar-refractivity contribution in [2.75, 3.05) is 6.26 Å². The van der Waals surface area contributed by atoms with E-state index in [-0.39, 0.29) is 0 Å². The average molecular weight is 295 g/mol. The van der Waals surface area contributed by atoms with E-state index in [0.29, 0.717) is 0 Å². The van der Waals surface area contributed by atoms with E-state index in [0.717, 1.165) is 33.2 Å². The number of hydrogen-bond acceptors (Lipinski definition) is 4. The Morgan fingerprint density at radius 3 is 2.67 bits per heavy atom. The van der Waals surface area contributed by atoms with Gasteiger partial charge >= 0.3 is 0 Å². The topological polar surface area (TPSA) is 48.0 Å². The first-order valence-corrected chi connectivity index (χ1v) is 7.81. The number of para-hydroxylation sites is 1. The molecule has 0 saturated carbocycles. The van der Waals surface area contributed by atoms with Gasteiger partial charge in [0.05, 0.1) is 11.2 Å².